The summed E-state index contributed by atoms with van der Waals surface area (Å²) in [5.41, 5.74) is 6.38. The molecule has 3 N–H and O–H groups in total. The summed E-state index contributed by atoms with van der Waals surface area (Å²) >= 11 is 0. The zero-order valence-electron chi connectivity index (χ0n) is 12.0. The number of quaternary nitrogens is 1. The average molecular weight is 267 g/mol. The van der Waals surface area contributed by atoms with Crippen LogP contribution in [0.1, 0.15) is 19.4 Å². The second kappa shape index (κ2) is 6.99. The SMILES string of the molecule is CCOc1ccc(C[NH+](C)[C@@H](C)C(N)=O)cc1OC. The van der Waals surface area contributed by atoms with Crippen LogP contribution in [0.2, 0.25) is 0 Å². The number of hydrogen-bond acceptors (Lipinski definition) is 3. The molecule has 1 amide bonds. The zero-order chi connectivity index (χ0) is 14.4. The van der Waals surface area contributed by atoms with Crippen LogP contribution >= 0.6 is 0 Å². The first-order chi connectivity index (χ1) is 8.99. The quantitative estimate of drug-likeness (QED) is 0.730. The molecule has 1 unspecified atom stereocenters. The van der Waals surface area contributed by atoms with Crippen LogP contribution in [0.25, 0.3) is 0 Å². The molecule has 0 bridgehead atoms. The third kappa shape index (κ3) is 4.13. The summed E-state index contributed by atoms with van der Waals surface area (Å²) in [4.78, 5) is 12.2. The molecule has 0 aliphatic carbocycles. The number of nitrogens with two attached hydrogens (primary N) is 1. The second-order valence-electron chi connectivity index (χ2n) is 4.57. The number of methoxy groups -OCH3 is 1. The van der Waals surface area contributed by atoms with Gasteiger partial charge in [0.1, 0.15) is 6.54 Å². The minimum Gasteiger partial charge on any atom is -0.493 e. The molecule has 0 heterocycles. The van der Waals surface area contributed by atoms with Crippen molar-refractivity contribution in [2.75, 3.05) is 20.8 Å². The molecule has 1 rings (SSSR count). The van der Waals surface area contributed by atoms with Crippen molar-refractivity contribution in [3.63, 3.8) is 0 Å². The van der Waals surface area contributed by atoms with Gasteiger partial charge in [-0.25, -0.2) is 0 Å². The lowest BCUT2D eigenvalue weighted by Gasteiger charge is -2.19. The van der Waals surface area contributed by atoms with E-state index in [1.54, 1.807) is 7.11 Å². The summed E-state index contributed by atoms with van der Waals surface area (Å²) in [6, 6.07) is 5.57. The van der Waals surface area contributed by atoms with E-state index in [0.717, 1.165) is 16.2 Å². The summed E-state index contributed by atoms with van der Waals surface area (Å²) in [6.07, 6.45) is 0. The molecule has 106 valence electrons. The van der Waals surface area contributed by atoms with Gasteiger partial charge < -0.3 is 20.1 Å². The van der Waals surface area contributed by atoms with Gasteiger partial charge in [0.25, 0.3) is 5.91 Å². The molecule has 0 saturated heterocycles. The number of hydrogen-bond donors (Lipinski definition) is 2. The number of carbonyl (C=O) groups is 1. The molecule has 2 atom stereocenters. The molecule has 0 fully saturated rings. The minimum atomic E-state index is -0.296. The highest BCUT2D eigenvalue weighted by Crippen LogP contribution is 2.27. The maximum absolute atomic E-state index is 11.2. The number of rotatable bonds is 7. The van der Waals surface area contributed by atoms with Gasteiger partial charge in [0, 0.05) is 5.56 Å². The molecule has 5 nitrogen and oxygen atoms in total. The van der Waals surface area contributed by atoms with Gasteiger partial charge in [-0.1, -0.05) is 0 Å². The van der Waals surface area contributed by atoms with Gasteiger partial charge in [0.2, 0.25) is 0 Å². The van der Waals surface area contributed by atoms with E-state index >= 15 is 0 Å². The van der Waals surface area contributed by atoms with E-state index < -0.39 is 0 Å². The Morgan fingerprint density at radius 2 is 2.11 bits per heavy atom. The Morgan fingerprint density at radius 3 is 2.63 bits per heavy atom. The minimum absolute atomic E-state index is 0.224. The maximum atomic E-state index is 11.2. The first-order valence-electron chi connectivity index (χ1n) is 6.40. The number of likely N-dealkylation sites (N-methyl/N-ethyl adjacent to an activating group) is 1. The fourth-order valence-electron chi connectivity index (χ4n) is 1.81. The first kappa shape index (κ1) is 15.3. The number of primary amides is 1. The van der Waals surface area contributed by atoms with Crippen molar-refractivity contribution >= 4 is 5.91 Å². The van der Waals surface area contributed by atoms with Gasteiger partial charge in [-0.05, 0) is 32.0 Å². The molecule has 0 saturated carbocycles. The summed E-state index contributed by atoms with van der Waals surface area (Å²) in [5, 5.41) is 0. The molecule has 1 aromatic rings. The monoisotopic (exact) mass is 267 g/mol. The fraction of sp³-hybridized carbons (Fsp3) is 0.500. The van der Waals surface area contributed by atoms with Gasteiger partial charge in [0.05, 0.1) is 20.8 Å². The van der Waals surface area contributed by atoms with Crippen molar-refractivity contribution in [2.45, 2.75) is 26.4 Å². The van der Waals surface area contributed by atoms with Crippen molar-refractivity contribution in [3.8, 4) is 11.5 Å². The number of ether oxygens (including phenoxy) is 2. The van der Waals surface area contributed by atoms with E-state index in [1.165, 1.54) is 0 Å². The number of carbonyl (C=O) groups excluding carboxylic acids is 1. The van der Waals surface area contributed by atoms with Crippen LogP contribution in [0.4, 0.5) is 0 Å². The predicted octanol–water partition coefficient (Wildman–Crippen LogP) is -0.0176. The Bertz CT molecular complexity index is 435. The van der Waals surface area contributed by atoms with Crippen LogP contribution in [0.5, 0.6) is 11.5 Å². The lowest BCUT2D eigenvalue weighted by Crippen LogP contribution is -3.12. The van der Waals surface area contributed by atoms with Crippen LogP contribution in [0, 0.1) is 0 Å². The molecular weight excluding hydrogens is 244 g/mol. The highest BCUT2D eigenvalue weighted by Gasteiger charge is 2.19. The Morgan fingerprint density at radius 1 is 1.42 bits per heavy atom. The summed E-state index contributed by atoms with van der Waals surface area (Å²) in [5.74, 6) is 1.14. The van der Waals surface area contributed by atoms with Gasteiger partial charge in [-0.15, -0.1) is 0 Å². The van der Waals surface area contributed by atoms with Crippen molar-refractivity contribution < 1.29 is 19.2 Å². The Kier molecular flexibility index (Phi) is 5.63. The molecule has 1 aromatic carbocycles. The van der Waals surface area contributed by atoms with Gasteiger partial charge in [-0.2, -0.15) is 0 Å². The van der Waals surface area contributed by atoms with E-state index in [9.17, 15) is 4.79 Å². The molecule has 0 aromatic heterocycles. The zero-order valence-corrected chi connectivity index (χ0v) is 12.0. The van der Waals surface area contributed by atoms with Gasteiger partial charge >= 0.3 is 0 Å². The molecule has 0 aliphatic heterocycles. The number of nitrogens with one attached hydrogen (secondary N) is 1. The summed E-state index contributed by atoms with van der Waals surface area (Å²) in [7, 11) is 3.56. The van der Waals surface area contributed by atoms with Crippen molar-refractivity contribution in [2.24, 2.45) is 5.73 Å². The van der Waals surface area contributed by atoms with Crippen LogP contribution in [-0.2, 0) is 11.3 Å². The van der Waals surface area contributed by atoms with Crippen molar-refractivity contribution in [3.05, 3.63) is 23.8 Å². The molecule has 5 heteroatoms. The summed E-state index contributed by atoms with van der Waals surface area (Å²) < 4.78 is 10.8. The maximum Gasteiger partial charge on any atom is 0.275 e. The molecule has 0 radical (unpaired) electrons. The van der Waals surface area contributed by atoms with Crippen molar-refractivity contribution in [1.82, 2.24) is 0 Å². The van der Waals surface area contributed by atoms with E-state index in [2.05, 4.69) is 0 Å². The predicted molar refractivity (Wildman–Crippen MR) is 73.4 cm³/mol. The highest BCUT2D eigenvalue weighted by atomic mass is 16.5. The lowest BCUT2D eigenvalue weighted by atomic mass is 10.1. The smallest absolute Gasteiger partial charge is 0.275 e. The van der Waals surface area contributed by atoms with E-state index in [0.29, 0.717) is 18.9 Å². The lowest BCUT2D eigenvalue weighted by molar-refractivity contribution is -0.908. The third-order valence-corrected chi connectivity index (χ3v) is 3.18. The fourth-order valence-corrected chi connectivity index (χ4v) is 1.81. The van der Waals surface area contributed by atoms with Crippen LogP contribution in [-0.4, -0.2) is 32.7 Å². The first-order valence-corrected chi connectivity index (χ1v) is 6.40. The number of benzene rings is 1. The van der Waals surface area contributed by atoms with Crippen LogP contribution < -0.4 is 20.1 Å². The molecule has 19 heavy (non-hydrogen) atoms. The normalized spacial score (nSPS) is 13.7. The second-order valence-corrected chi connectivity index (χ2v) is 4.57. The van der Waals surface area contributed by atoms with Gasteiger partial charge in [-0.3, -0.25) is 4.79 Å². The largest absolute Gasteiger partial charge is 0.493 e. The van der Waals surface area contributed by atoms with E-state index in [4.69, 9.17) is 15.2 Å². The highest BCUT2D eigenvalue weighted by molar-refractivity contribution is 5.77. The molecular formula is C14H23N2O3+. The standard InChI is InChI=1S/C14H22N2O3/c1-5-19-12-7-6-11(8-13(12)18-4)9-16(3)10(2)14(15)17/h6-8,10H,5,9H2,1-4H3,(H2,15,17)/p+1/t10-/m0/s1. The number of amides is 1. The Labute approximate surface area is 114 Å². The molecule has 0 aliphatic rings. The van der Waals surface area contributed by atoms with Crippen LogP contribution in [0.15, 0.2) is 18.2 Å². The van der Waals surface area contributed by atoms with Crippen molar-refractivity contribution in [1.29, 1.82) is 0 Å². The van der Waals surface area contributed by atoms with Gasteiger partial charge in [0.15, 0.2) is 17.5 Å². The Balaban J connectivity index is 2.82. The topological polar surface area (TPSA) is 66.0 Å². The summed E-state index contributed by atoms with van der Waals surface area (Å²) in [6.45, 7) is 5.05. The molecule has 0 spiro atoms. The Hall–Kier alpha value is -1.75. The average Bonchev–Trinajstić information content (AvgIpc) is 2.39. The third-order valence-electron chi connectivity index (χ3n) is 3.18. The van der Waals surface area contributed by atoms with E-state index in [-0.39, 0.29) is 11.9 Å². The van der Waals surface area contributed by atoms with Crippen LogP contribution in [0.3, 0.4) is 0 Å². The van der Waals surface area contributed by atoms with E-state index in [1.807, 2.05) is 39.1 Å².